The summed E-state index contributed by atoms with van der Waals surface area (Å²) in [5.41, 5.74) is 4.08. The molecule has 0 spiro atoms. The summed E-state index contributed by atoms with van der Waals surface area (Å²) in [5, 5.41) is 0. The second-order valence-corrected chi connectivity index (χ2v) is 8.98. The van der Waals surface area contributed by atoms with Crippen LogP contribution in [0.2, 0.25) is 0 Å². The number of rotatable bonds is 12. The Morgan fingerprint density at radius 1 is 0.444 bits per heavy atom. The average Bonchev–Trinajstić information content (AvgIpc) is 2.93. The second kappa shape index (κ2) is 12.6. The van der Waals surface area contributed by atoms with Crippen LogP contribution in [0.25, 0.3) is 0 Å². The van der Waals surface area contributed by atoms with Crippen LogP contribution in [-0.4, -0.2) is 17.3 Å². The standard InChI is InChI=1S/C33H30O3/c34-30(21-10-18-25-12-4-1-5-13-25)28-19-11-20-29(32(36)24-27-16-8-3-9-17-27)33(28)31(35)23-22-26-14-6-2-7-15-26/h1-9,11-17,19-20H,10,18,21-24H2. The molecule has 0 N–H and O–H groups in total. The number of hydrogen-bond acceptors (Lipinski definition) is 3. The first kappa shape index (κ1) is 25.0. The molecule has 0 saturated carbocycles. The molecule has 4 aromatic carbocycles. The van der Waals surface area contributed by atoms with Crippen molar-refractivity contribution in [1.29, 1.82) is 0 Å². The van der Waals surface area contributed by atoms with Crippen molar-refractivity contribution in [2.75, 3.05) is 0 Å². The molecule has 0 heterocycles. The molecule has 3 heteroatoms. The molecular weight excluding hydrogens is 444 g/mol. The number of ketones is 3. The Hall–Kier alpha value is -4.11. The molecule has 0 aliphatic rings. The van der Waals surface area contributed by atoms with Gasteiger partial charge in [-0.15, -0.1) is 0 Å². The molecular formula is C33H30O3. The van der Waals surface area contributed by atoms with Crippen LogP contribution in [0.15, 0.2) is 109 Å². The van der Waals surface area contributed by atoms with Gasteiger partial charge in [0.1, 0.15) is 0 Å². The quantitative estimate of drug-likeness (QED) is 0.205. The van der Waals surface area contributed by atoms with Crippen LogP contribution >= 0.6 is 0 Å². The lowest BCUT2D eigenvalue weighted by Crippen LogP contribution is -2.17. The van der Waals surface area contributed by atoms with Crippen molar-refractivity contribution < 1.29 is 14.4 Å². The lowest BCUT2D eigenvalue weighted by atomic mass is 9.88. The van der Waals surface area contributed by atoms with E-state index in [1.165, 1.54) is 5.56 Å². The maximum absolute atomic E-state index is 13.5. The Balaban J connectivity index is 1.57. The molecule has 0 aromatic heterocycles. The van der Waals surface area contributed by atoms with Crippen LogP contribution in [0.4, 0.5) is 0 Å². The van der Waals surface area contributed by atoms with E-state index in [4.69, 9.17) is 0 Å². The van der Waals surface area contributed by atoms with Crippen LogP contribution in [0.3, 0.4) is 0 Å². The molecule has 0 atom stereocenters. The Morgan fingerprint density at radius 3 is 1.53 bits per heavy atom. The largest absolute Gasteiger partial charge is 0.294 e. The highest BCUT2D eigenvalue weighted by Gasteiger charge is 2.24. The highest BCUT2D eigenvalue weighted by Crippen LogP contribution is 2.23. The van der Waals surface area contributed by atoms with Crippen molar-refractivity contribution in [3.05, 3.63) is 143 Å². The van der Waals surface area contributed by atoms with E-state index in [1.807, 2.05) is 91.0 Å². The fraction of sp³-hybridized carbons (Fsp3) is 0.182. The van der Waals surface area contributed by atoms with Crippen molar-refractivity contribution >= 4 is 17.3 Å². The summed E-state index contributed by atoms with van der Waals surface area (Å²) in [6.07, 6.45) is 2.78. The average molecular weight is 475 g/mol. The van der Waals surface area contributed by atoms with E-state index in [-0.39, 0.29) is 35.8 Å². The molecule has 3 nitrogen and oxygen atoms in total. The maximum atomic E-state index is 13.5. The highest BCUT2D eigenvalue weighted by atomic mass is 16.1. The van der Waals surface area contributed by atoms with E-state index >= 15 is 0 Å². The van der Waals surface area contributed by atoms with Gasteiger partial charge in [0.2, 0.25) is 0 Å². The minimum atomic E-state index is -0.165. The van der Waals surface area contributed by atoms with E-state index in [0.29, 0.717) is 30.4 Å². The van der Waals surface area contributed by atoms with E-state index in [0.717, 1.165) is 17.5 Å². The van der Waals surface area contributed by atoms with Gasteiger partial charge in [0.15, 0.2) is 17.3 Å². The minimum Gasteiger partial charge on any atom is -0.294 e. The summed E-state index contributed by atoms with van der Waals surface area (Å²) in [4.78, 5) is 40.1. The zero-order valence-electron chi connectivity index (χ0n) is 20.4. The van der Waals surface area contributed by atoms with Crippen LogP contribution in [-0.2, 0) is 19.3 Å². The Labute approximate surface area is 212 Å². The predicted octanol–water partition coefficient (Wildman–Crippen LogP) is 7.13. The summed E-state index contributed by atoms with van der Waals surface area (Å²) >= 11 is 0. The summed E-state index contributed by atoms with van der Waals surface area (Å²) in [6.45, 7) is 0. The number of hydrogen-bond donors (Lipinski definition) is 0. The van der Waals surface area contributed by atoms with Crippen LogP contribution in [0.5, 0.6) is 0 Å². The second-order valence-electron chi connectivity index (χ2n) is 8.98. The first-order chi connectivity index (χ1) is 17.6. The number of carbonyl (C=O) groups excluding carboxylic acids is 3. The van der Waals surface area contributed by atoms with Crippen LogP contribution in [0.1, 0.15) is 67.0 Å². The van der Waals surface area contributed by atoms with E-state index in [9.17, 15) is 14.4 Å². The van der Waals surface area contributed by atoms with Gasteiger partial charge < -0.3 is 0 Å². The number of benzene rings is 4. The molecule has 180 valence electrons. The van der Waals surface area contributed by atoms with Crippen molar-refractivity contribution in [3.8, 4) is 0 Å². The van der Waals surface area contributed by atoms with E-state index in [1.54, 1.807) is 18.2 Å². The first-order valence-corrected chi connectivity index (χ1v) is 12.5. The van der Waals surface area contributed by atoms with Gasteiger partial charge in [0, 0.05) is 36.0 Å². The van der Waals surface area contributed by atoms with Gasteiger partial charge in [0.25, 0.3) is 0 Å². The van der Waals surface area contributed by atoms with Crippen molar-refractivity contribution in [2.45, 2.75) is 38.5 Å². The van der Waals surface area contributed by atoms with Gasteiger partial charge in [-0.05, 0) is 36.0 Å². The number of aryl methyl sites for hydroxylation is 2. The first-order valence-electron chi connectivity index (χ1n) is 12.5. The van der Waals surface area contributed by atoms with Crippen LogP contribution < -0.4 is 0 Å². The minimum absolute atomic E-state index is 0.0941. The third kappa shape index (κ3) is 6.73. The summed E-state index contributed by atoms with van der Waals surface area (Å²) < 4.78 is 0. The lowest BCUT2D eigenvalue weighted by molar-refractivity contribution is 0.0938. The summed E-state index contributed by atoms with van der Waals surface area (Å²) in [5.74, 6) is -0.408. The topological polar surface area (TPSA) is 51.2 Å². The Morgan fingerprint density at radius 2 is 0.944 bits per heavy atom. The van der Waals surface area contributed by atoms with E-state index in [2.05, 4.69) is 0 Å². The fourth-order valence-corrected chi connectivity index (χ4v) is 4.45. The Kier molecular flexibility index (Phi) is 8.72. The van der Waals surface area contributed by atoms with Gasteiger partial charge in [-0.3, -0.25) is 14.4 Å². The molecule has 0 aliphatic carbocycles. The van der Waals surface area contributed by atoms with E-state index < -0.39 is 0 Å². The summed E-state index contributed by atoms with van der Waals surface area (Å²) in [6, 6.07) is 34.4. The zero-order valence-corrected chi connectivity index (χ0v) is 20.4. The van der Waals surface area contributed by atoms with Gasteiger partial charge in [0.05, 0.1) is 0 Å². The molecule has 0 fully saturated rings. The normalized spacial score (nSPS) is 10.7. The van der Waals surface area contributed by atoms with Gasteiger partial charge in [-0.25, -0.2) is 0 Å². The Bertz CT molecular complexity index is 1310. The molecule has 0 unspecified atom stereocenters. The number of carbonyl (C=O) groups is 3. The molecule has 0 radical (unpaired) electrons. The third-order valence-corrected chi connectivity index (χ3v) is 6.35. The molecule has 0 bridgehead atoms. The molecule has 4 rings (SSSR count). The molecule has 36 heavy (non-hydrogen) atoms. The predicted molar refractivity (Wildman–Crippen MR) is 144 cm³/mol. The zero-order chi connectivity index (χ0) is 25.2. The smallest absolute Gasteiger partial charge is 0.167 e. The third-order valence-electron chi connectivity index (χ3n) is 6.35. The maximum Gasteiger partial charge on any atom is 0.167 e. The molecule has 0 amide bonds. The fourth-order valence-electron chi connectivity index (χ4n) is 4.45. The molecule has 4 aromatic rings. The molecule has 0 aliphatic heterocycles. The van der Waals surface area contributed by atoms with Crippen molar-refractivity contribution in [1.82, 2.24) is 0 Å². The van der Waals surface area contributed by atoms with Crippen molar-refractivity contribution in [2.24, 2.45) is 0 Å². The number of Topliss-reactive ketones (excluding diaryl/α,β-unsaturated/α-hetero) is 3. The summed E-state index contributed by atoms with van der Waals surface area (Å²) in [7, 11) is 0. The monoisotopic (exact) mass is 474 g/mol. The SMILES string of the molecule is O=C(CCCc1ccccc1)c1cccc(C(=O)Cc2ccccc2)c1C(=O)CCc1ccccc1. The van der Waals surface area contributed by atoms with Crippen LogP contribution in [0, 0.1) is 0 Å². The van der Waals surface area contributed by atoms with Gasteiger partial charge in [-0.1, -0.05) is 109 Å². The molecule has 0 saturated heterocycles. The highest BCUT2D eigenvalue weighted by molar-refractivity contribution is 6.16. The van der Waals surface area contributed by atoms with Crippen molar-refractivity contribution in [3.63, 3.8) is 0 Å². The lowest BCUT2D eigenvalue weighted by Gasteiger charge is -2.14. The van der Waals surface area contributed by atoms with Gasteiger partial charge >= 0.3 is 0 Å². The van der Waals surface area contributed by atoms with Gasteiger partial charge in [-0.2, -0.15) is 0 Å².